The molecule has 1 saturated carbocycles. The third-order valence-electron chi connectivity index (χ3n) is 6.18. The van der Waals surface area contributed by atoms with Crippen LogP contribution in [-0.4, -0.2) is 56.0 Å². The number of thioether (sulfide) groups is 1. The van der Waals surface area contributed by atoms with E-state index < -0.39 is 18.1 Å². The number of nitrogens with zero attached hydrogens (tertiary/aromatic N) is 1. The lowest BCUT2D eigenvalue weighted by Crippen LogP contribution is -2.74. The number of carbonyl (C=O) groups excluding carboxylic acids is 1. The van der Waals surface area contributed by atoms with Gasteiger partial charge in [-0.1, -0.05) is 61.8 Å². The van der Waals surface area contributed by atoms with Crippen LogP contribution < -0.4 is 5.32 Å². The number of aliphatic hydroxyl groups is 1. The number of fused-ring (bicyclic) bond motifs is 1. The number of β-lactam (4-membered cyclic amide) rings is 1. The first kappa shape index (κ1) is 21.3. The van der Waals surface area contributed by atoms with Gasteiger partial charge in [-0.25, -0.2) is 4.79 Å². The summed E-state index contributed by atoms with van der Waals surface area (Å²) in [6.07, 6.45) is 5.62. The topological polar surface area (TPSA) is 89.9 Å². The van der Waals surface area contributed by atoms with E-state index in [1.54, 1.807) is 0 Å². The number of rotatable bonds is 6. The maximum atomic E-state index is 13.0. The molecule has 0 bridgehead atoms. The average molecular weight is 447 g/mol. The van der Waals surface area contributed by atoms with Crippen molar-refractivity contribution in [2.45, 2.75) is 56.0 Å². The Hall–Kier alpha value is -1.90. The molecule has 2 aliphatic heterocycles. The fourth-order valence-corrected chi connectivity index (χ4v) is 6.52. The van der Waals surface area contributed by atoms with Crippen LogP contribution in [-0.2, 0) is 16.0 Å². The third-order valence-corrected chi connectivity index (χ3v) is 7.84. The Kier molecular flexibility index (Phi) is 6.46. The van der Waals surface area contributed by atoms with Crippen LogP contribution in [0.25, 0.3) is 0 Å². The van der Waals surface area contributed by atoms with Gasteiger partial charge in [-0.3, -0.25) is 4.79 Å². The minimum absolute atomic E-state index is 0.120. The molecule has 1 aliphatic carbocycles. The number of thiocarbonyl (C=S) groups is 1. The van der Waals surface area contributed by atoms with Crippen LogP contribution in [0.2, 0.25) is 0 Å². The van der Waals surface area contributed by atoms with Crippen LogP contribution in [0.1, 0.15) is 37.7 Å². The Morgan fingerprint density at radius 3 is 2.53 bits per heavy atom. The molecule has 3 N–H and O–H groups in total. The molecule has 0 radical (unpaired) electrons. The number of hydrogen-bond donors (Lipinski definition) is 3. The van der Waals surface area contributed by atoms with E-state index in [4.69, 9.17) is 12.2 Å². The summed E-state index contributed by atoms with van der Waals surface area (Å²) in [6, 6.07) is 8.20. The molecule has 1 saturated heterocycles. The number of carboxylic acid groups (broad SMARTS) is 1. The van der Waals surface area contributed by atoms with Crippen LogP contribution in [0.3, 0.4) is 0 Å². The quantitative estimate of drug-likeness (QED) is 0.457. The van der Waals surface area contributed by atoms with Gasteiger partial charge in [0.2, 0.25) is 5.91 Å². The molecule has 4 rings (SSSR count). The second-order valence-electron chi connectivity index (χ2n) is 8.07. The summed E-state index contributed by atoms with van der Waals surface area (Å²) in [5, 5.41) is 22.8. The Balaban J connectivity index is 1.54. The maximum Gasteiger partial charge on any atom is 0.330 e. The van der Waals surface area contributed by atoms with Crippen molar-refractivity contribution in [3.63, 3.8) is 0 Å². The zero-order chi connectivity index (χ0) is 21.3. The van der Waals surface area contributed by atoms with Gasteiger partial charge in [-0.2, -0.15) is 0 Å². The van der Waals surface area contributed by atoms with E-state index in [0.717, 1.165) is 43.2 Å². The zero-order valence-electron chi connectivity index (χ0n) is 16.6. The summed E-state index contributed by atoms with van der Waals surface area (Å²) in [5.74, 6) is -1.14. The molecule has 3 aliphatic rings. The van der Waals surface area contributed by atoms with Crippen molar-refractivity contribution < 1.29 is 19.8 Å². The van der Waals surface area contributed by atoms with E-state index in [1.807, 2.05) is 30.3 Å². The number of aliphatic hydroxyl groups excluding tert-OH is 1. The monoisotopic (exact) mass is 446 g/mol. The molecule has 1 aromatic rings. The SMILES string of the molecule is O=C(O)C1C(C2CCCCC2)=C(CO)S[C@@H]2C(NC(=S)Cc3ccccc3)C(=O)N12. The van der Waals surface area contributed by atoms with Crippen molar-refractivity contribution in [2.24, 2.45) is 5.92 Å². The Morgan fingerprint density at radius 1 is 1.20 bits per heavy atom. The summed E-state index contributed by atoms with van der Waals surface area (Å²) in [4.78, 5) is 27.9. The molecule has 6 nitrogen and oxygen atoms in total. The lowest BCUT2D eigenvalue weighted by molar-refractivity contribution is -0.159. The highest BCUT2D eigenvalue weighted by atomic mass is 32.2. The van der Waals surface area contributed by atoms with Gasteiger partial charge in [0.1, 0.15) is 11.4 Å². The predicted octanol–water partition coefficient (Wildman–Crippen LogP) is 2.71. The molecule has 30 heavy (non-hydrogen) atoms. The highest BCUT2D eigenvalue weighted by molar-refractivity contribution is 8.03. The van der Waals surface area contributed by atoms with Crippen LogP contribution in [0.5, 0.6) is 0 Å². The van der Waals surface area contributed by atoms with Gasteiger partial charge >= 0.3 is 5.97 Å². The number of nitrogens with one attached hydrogen (secondary N) is 1. The summed E-state index contributed by atoms with van der Waals surface area (Å²) < 4.78 is 0. The van der Waals surface area contributed by atoms with Crippen molar-refractivity contribution in [1.29, 1.82) is 0 Å². The number of amides is 1. The highest BCUT2D eigenvalue weighted by Crippen LogP contribution is 2.48. The number of carboxylic acids is 1. The van der Waals surface area contributed by atoms with Gasteiger partial charge in [0.25, 0.3) is 0 Å². The largest absolute Gasteiger partial charge is 0.479 e. The van der Waals surface area contributed by atoms with Gasteiger partial charge < -0.3 is 20.4 Å². The van der Waals surface area contributed by atoms with Crippen molar-refractivity contribution in [2.75, 3.05) is 6.61 Å². The fourth-order valence-electron chi connectivity index (χ4n) is 4.79. The normalized spacial score (nSPS) is 26.8. The highest BCUT2D eigenvalue weighted by Gasteiger charge is 2.57. The molecule has 2 unspecified atom stereocenters. The molecule has 160 valence electrons. The third kappa shape index (κ3) is 4.00. The van der Waals surface area contributed by atoms with Crippen LogP contribution >= 0.6 is 24.0 Å². The van der Waals surface area contributed by atoms with Crippen molar-refractivity contribution in [3.05, 3.63) is 46.4 Å². The molecular weight excluding hydrogens is 420 g/mol. The molecule has 0 spiro atoms. The van der Waals surface area contributed by atoms with Gasteiger partial charge in [0.15, 0.2) is 6.04 Å². The lowest BCUT2D eigenvalue weighted by atomic mass is 9.79. The zero-order valence-corrected chi connectivity index (χ0v) is 18.3. The number of carbonyl (C=O) groups is 2. The Labute approximate surface area is 185 Å². The summed E-state index contributed by atoms with van der Waals surface area (Å²) >= 11 is 6.87. The van der Waals surface area contributed by atoms with E-state index >= 15 is 0 Å². The molecule has 1 amide bonds. The minimum Gasteiger partial charge on any atom is -0.479 e. The Bertz CT molecular complexity index is 867. The van der Waals surface area contributed by atoms with E-state index in [1.165, 1.54) is 16.7 Å². The molecule has 3 atom stereocenters. The first-order chi connectivity index (χ1) is 14.5. The van der Waals surface area contributed by atoms with Crippen molar-refractivity contribution >= 4 is 40.8 Å². The van der Waals surface area contributed by atoms with E-state index in [0.29, 0.717) is 16.3 Å². The van der Waals surface area contributed by atoms with E-state index in [2.05, 4.69) is 5.32 Å². The molecule has 2 heterocycles. The maximum absolute atomic E-state index is 13.0. The van der Waals surface area contributed by atoms with Gasteiger partial charge in [-0.05, 0) is 29.9 Å². The summed E-state index contributed by atoms with van der Waals surface area (Å²) in [6.45, 7) is -0.194. The Morgan fingerprint density at radius 2 is 1.90 bits per heavy atom. The van der Waals surface area contributed by atoms with Gasteiger partial charge in [0, 0.05) is 11.3 Å². The van der Waals surface area contributed by atoms with Crippen molar-refractivity contribution in [1.82, 2.24) is 10.2 Å². The number of benzene rings is 1. The van der Waals surface area contributed by atoms with Gasteiger partial charge in [0.05, 0.1) is 11.6 Å². The minimum atomic E-state index is -1.02. The van der Waals surface area contributed by atoms with E-state index in [-0.39, 0.29) is 23.8 Å². The van der Waals surface area contributed by atoms with E-state index in [9.17, 15) is 19.8 Å². The number of aliphatic carboxylic acids is 1. The summed E-state index contributed by atoms with van der Waals surface area (Å²) in [7, 11) is 0. The standard InChI is InChI=1S/C22H26N2O4S2/c25-12-15-17(14-9-5-2-6-10-14)19(22(27)28)24-20(26)18(21(24)30-15)23-16(29)11-13-7-3-1-4-8-13/h1,3-4,7-8,14,18-19,21,25H,2,5-6,9-12H2,(H,23,29)(H,27,28)/t18?,19?,21-/m1/s1. The molecular formula is C22H26N2O4S2. The average Bonchev–Trinajstić information content (AvgIpc) is 2.77. The predicted molar refractivity (Wildman–Crippen MR) is 120 cm³/mol. The lowest BCUT2D eigenvalue weighted by Gasteiger charge is -2.54. The smallest absolute Gasteiger partial charge is 0.330 e. The number of hydrogen-bond acceptors (Lipinski definition) is 5. The summed E-state index contributed by atoms with van der Waals surface area (Å²) in [5.41, 5.74) is 1.79. The first-order valence-electron chi connectivity index (χ1n) is 10.4. The second-order valence-corrected chi connectivity index (χ2v) is 9.78. The second kappa shape index (κ2) is 9.08. The molecule has 2 fully saturated rings. The van der Waals surface area contributed by atoms with Gasteiger partial charge in [-0.15, -0.1) is 11.8 Å². The molecule has 1 aromatic carbocycles. The van der Waals surface area contributed by atoms with Crippen LogP contribution in [0, 0.1) is 5.92 Å². The van der Waals surface area contributed by atoms with Crippen LogP contribution in [0.4, 0.5) is 0 Å². The van der Waals surface area contributed by atoms with Crippen molar-refractivity contribution in [3.8, 4) is 0 Å². The first-order valence-corrected chi connectivity index (χ1v) is 11.7. The molecule has 0 aromatic heterocycles. The molecule has 8 heteroatoms. The van der Waals surface area contributed by atoms with Crippen LogP contribution in [0.15, 0.2) is 40.8 Å². The fraction of sp³-hybridized carbons (Fsp3) is 0.500.